The van der Waals surface area contributed by atoms with E-state index in [4.69, 9.17) is 14.2 Å². The van der Waals surface area contributed by atoms with Crippen LogP contribution in [0.5, 0.6) is 11.5 Å². The Kier molecular flexibility index (Phi) is 5.46. The average molecular weight is 398 g/mol. The van der Waals surface area contributed by atoms with E-state index in [2.05, 4.69) is 9.97 Å². The molecule has 29 heavy (non-hydrogen) atoms. The maximum absolute atomic E-state index is 12.4. The van der Waals surface area contributed by atoms with E-state index in [-0.39, 0.29) is 12.5 Å². The van der Waals surface area contributed by atoms with Crippen LogP contribution in [0.2, 0.25) is 0 Å². The first-order chi connectivity index (χ1) is 14.1. The summed E-state index contributed by atoms with van der Waals surface area (Å²) >= 11 is 0. The lowest BCUT2D eigenvalue weighted by molar-refractivity contribution is -0.162. The molecule has 1 fully saturated rings. The first-order valence-electron chi connectivity index (χ1n) is 9.50. The summed E-state index contributed by atoms with van der Waals surface area (Å²) < 4.78 is 16.6. The Bertz CT molecular complexity index is 870. The second-order valence-electron chi connectivity index (χ2n) is 6.83. The Labute approximate surface area is 168 Å². The van der Waals surface area contributed by atoms with Gasteiger partial charge in [0.15, 0.2) is 18.1 Å². The topological polar surface area (TPSA) is 94.1 Å². The molecule has 0 spiro atoms. The van der Waals surface area contributed by atoms with Crippen LogP contribution in [-0.4, -0.2) is 71.7 Å². The van der Waals surface area contributed by atoms with E-state index in [0.717, 1.165) is 0 Å². The van der Waals surface area contributed by atoms with Gasteiger partial charge in [-0.1, -0.05) is 12.1 Å². The van der Waals surface area contributed by atoms with Crippen molar-refractivity contribution in [3.63, 3.8) is 0 Å². The highest BCUT2D eigenvalue weighted by Crippen LogP contribution is 2.33. The minimum Gasteiger partial charge on any atom is -0.482 e. The van der Waals surface area contributed by atoms with Gasteiger partial charge in [0.2, 0.25) is 12.1 Å². The molecule has 1 aromatic carbocycles. The van der Waals surface area contributed by atoms with Gasteiger partial charge in [-0.25, -0.2) is 14.8 Å². The molecule has 2 aliphatic rings. The minimum atomic E-state index is -0.912. The average Bonchev–Trinajstić information content (AvgIpc) is 2.77. The second-order valence-corrected chi connectivity index (χ2v) is 6.83. The summed E-state index contributed by atoms with van der Waals surface area (Å²) in [6.07, 6.45) is 1.96. The number of anilines is 1. The SMILES string of the molecule is CC1Oc2ccccc2OC1C(=O)OCC(=O)N1CCN(c2ncccn2)CC1. The molecule has 0 aliphatic carbocycles. The molecule has 9 nitrogen and oxygen atoms in total. The molecule has 4 rings (SSSR count). The van der Waals surface area contributed by atoms with Crippen LogP contribution in [0, 0.1) is 0 Å². The van der Waals surface area contributed by atoms with E-state index in [1.807, 2.05) is 11.0 Å². The van der Waals surface area contributed by atoms with E-state index in [0.29, 0.717) is 43.6 Å². The molecule has 1 amide bonds. The molecule has 2 aromatic rings. The number of carbonyl (C=O) groups excluding carboxylic acids is 2. The second kappa shape index (κ2) is 8.34. The van der Waals surface area contributed by atoms with Crippen molar-refractivity contribution in [2.24, 2.45) is 0 Å². The maximum atomic E-state index is 12.4. The Balaban J connectivity index is 1.26. The number of piperazine rings is 1. The minimum absolute atomic E-state index is 0.239. The van der Waals surface area contributed by atoms with E-state index in [1.165, 1.54) is 0 Å². The van der Waals surface area contributed by atoms with Crippen LogP contribution in [0.3, 0.4) is 0 Å². The quantitative estimate of drug-likeness (QED) is 0.701. The zero-order valence-electron chi connectivity index (χ0n) is 16.1. The lowest BCUT2D eigenvalue weighted by Crippen LogP contribution is -2.51. The summed E-state index contributed by atoms with van der Waals surface area (Å²) in [5.41, 5.74) is 0. The summed E-state index contributed by atoms with van der Waals surface area (Å²) in [6, 6.07) is 8.89. The van der Waals surface area contributed by atoms with Crippen molar-refractivity contribution in [2.45, 2.75) is 19.1 Å². The number of benzene rings is 1. The van der Waals surface area contributed by atoms with E-state index in [9.17, 15) is 9.59 Å². The predicted octanol–water partition coefficient (Wildman–Crippen LogP) is 0.897. The monoisotopic (exact) mass is 398 g/mol. The number of rotatable bonds is 4. The van der Waals surface area contributed by atoms with Gasteiger partial charge in [-0.15, -0.1) is 0 Å². The van der Waals surface area contributed by atoms with Crippen molar-refractivity contribution in [1.29, 1.82) is 0 Å². The van der Waals surface area contributed by atoms with Gasteiger partial charge >= 0.3 is 5.97 Å². The molecule has 0 N–H and O–H groups in total. The fraction of sp³-hybridized carbons (Fsp3) is 0.400. The standard InChI is InChI=1S/C20H22N4O5/c1-14-18(29-16-6-3-2-5-15(16)28-14)19(26)27-13-17(25)23-9-11-24(12-10-23)20-21-7-4-8-22-20/h2-8,14,18H,9-13H2,1H3. The fourth-order valence-corrected chi connectivity index (χ4v) is 3.30. The van der Waals surface area contributed by atoms with Crippen LogP contribution >= 0.6 is 0 Å². The number of hydrogen-bond donors (Lipinski definition) is 0. The van der Waals surface area contributed by atoms with Crippen LogP contribution in [-0.2, 0) is 14.3 Å². The Morgan fingerprint density at radius 3 is 2.38 bits per heavy atom. The van der Waals surface area contributed by atoms with Crippen molar-refractivity contribution in [3.8, 4) is 11.5 Å². The van der Waals surface area contributed by atoms with Gasteiger partial charge in [-0.05, 0) is 25.1 Å². The summed E-state index contributed by atoms with van der Waals surface area (Å²) in [4.78, 5) is 37.0. The maximum Gasteiger partial charge on any atom is 0.351 e. The molecule has 2 unspecified atom stereocenters. The van der Waals surface area contributed by atoms with Gasteiger partial charge < -0.3 is 24.0 Å². The summed E-state index contributed by atoms with van der Waals surface area (Å²) in [5.74, 6) is 0.863. The summed E-state index contributed by atoms with van der Waals surface area (Å²) in [6.45, 7) is 3.68. The molecule has 1 aromatic heterocycles. The third-order valence-electron chi connectivity index (χ3n) is 4.88. The first kappa shape index (κ1) is 19.0. The highest BCUT2D eigenvalue weighted by atomic mass is 16.6. The van der Waals surface area contributed by atoms with Crippen molar-refractivity contribution in [2.75, 3.05) is 37.7 Å². The molecule has 2 atom stereocenters. The number of nitrogens with zero attached hydrogens (tertiary/aromatic N) is 4. The van der Waals surface area contributed by atoms with Crippen LogP contribution in [0.4, 0.5) is 5.95 Å². The van der Waals surface area contributed by atoms with Crippen molar-refractivity contribution < 1.29 is 23.8 Å². The molecule has 0 bridgehead atoms. The van der Waals surface area contributed by atoms with Gasteiger partial charge in [0.05, 0.1) is 0 Å². The zero-order valence-corrected chi connectivity index (χ0v) is 16.1. The van der Waals surface area contributed by atoms with Crippen LogP contribution in [0.15, 0.2) is 42.7 Å². The predicted molar refractivity (Wildman–Crippen MR) is 103 cm³/mol. The Morgan fingerprint density at radius 2 is 1.69 bits per heavy atom. The van der Waals surface area contributed by atoms with Crippen molar-refractivity contribution in [3.05, 3.63) is 42.7 Å². The van der Waals surface area contributed by atoms with Crippen LogP contribution < -0.4 is 14.4 Å². The van der Waals surface area contributed by atoms with Gasteiger partial charge in [0, 0.05) is 38.6 Å². The van der Waals surface area contributed by atoms with Gasteiger partial charge in [-0.2, -0.15) is 0 Å². The number of hydrogen-bond acceptors (Lipinski definition) is 8. The molecule has 1 saturated heterocycles. The number of ether oxygens (including phenoxy) is 3. The highest BCUT2D eigenvalue weighted by molar-refractivity contribution is 5.83. The fourth-order valence-electron chi connectivity index (χ4n) is 3.30. The van der Waals surface area contributed by atoms with E-state index < -0.39 is 18.2 Å². The van der Waals surface area contributed by atoms with E-state index in [1.54, 1.807) is 48.5 Å². The summed E-state index contributed by atoms with van der Waals surface area (Å²) in [7, 11) is 0. The number of fused-ring (bicyclic) bond motifs is 1. The molecule has 3 heterocycles. The molecule has 2 aliphatic heterocycles. The number of esters is 1. The third-order valence-corrected chi connectivity index (χ3v) is 4.88. The van der Waals surface area contributed by atoms with Crippen LogP contribution in [0.25, 0.3) is 0 Å². The van der Waals surface area contributed by atoms with Gasteiger partial charge in [0.25, 0.3) is 5.91 Å². The van der Waals surface area contributed by atoms with Gasteiger partial charge in [-0.3, -0.25) is 4.79 Å². The van der Waals surface area contributed by atoms with Gasteiger partial charge in [0.1, 0.15) is 6.10 Å². The number of aromatic nitrogens is 2. The summed E-state index contributed by atoms with van der Waals surface area (Å²) in [5, 5.41) is 0. The molecule has 9 heteroatoms. The number of carbonyl (C=O) groups is 2. The molecule has 152 valence electrons. The zero-order chi connectivity index (χ0) is 20.2. The first-order valence-corrected chi connectivity index (χ1v) is 9.50. The normalized spacial score (nSPS) is 20.9. The molecular formula is C20H22N4O5. The van der Waals surface area contributed by atoms with E-state index >= 15 is 0 Å². The Morgan fingerprint density at radius 1 is 1.03 bits per heavy atom. The number of para-hydroxylation sites is 2. The lowest BCUT2D eigenvalue weighted by atomic mass is 10.2. The van der Waals surface area contributed by atoms with Crippen molar-refractivity contribution >= 4 is 17.8 Å². The highest BCUT2D eigenvalue weighted by Gasteiger charge is 2.36. The lowest BCUT2D eigenvalue weighted by Gasteiger charge is -2.34. The molecule has 0 radical (unpaired) electrons. The molecule has 0 saturated carbocycles. The van der Waals surface area contributed by atoms with Crippen molar-refractivity contribution in [1.82, 2.24) is 14.9 Å². The van der Waals surface area contributed by atoms with Crippen LogP contribution in [0.1, 0.15) is 6.92 Å². The Hall–Kier alpha value is -3.36. The largest absolute Gasteiger partial charge is 0.482 e. The number of amides is 1. The third kappa shape index (κ3) is 4.23. The molecular weight excluding hydrogens is 376 g/mol. The smallest absolute Gasteiger partial charge is 0.351 e.